The highest BCUT2D eigenvalue weighted by Crippen LogP contribution is 2.53. The van der Waals surface area contributed by atoms with E-state index >= 15 is 0 Å². The van der Waals surface area contributed by atoms with E-state index in [0.717, 1.165) is 23.3 Å². The van der Waals surface area contributed by atoms with Crippen molar-refractivity contribution in [3.05, 3.63) is 82.4 Å². The first-order valence-corrected chi connectivity index (χ1v) is 11.8. The molecule has 3 atom stereocenters. The van der Waals surface area contributed by atoms with Gasteiger partial charge in [0.15, 0.2) is 0 Å². The van der Waals surface area contributed by atoms with Gasteiger partial charge < -0.3 is 15.1 Å². The van der Waals surface area contributed by atoms with Crippen molar-refractivity contribution in [3.8, 4) is 0 Å². The number of nitrogens with zero attached hydrogens (tertiary/aromatic N) is 2. The van der Waals surface area contributed by atoms with Crippen molar-refractivity contribution in [3.63, 3.8) is 0 Å². The predicted molar refractivity (Wildman–Crippen MR) is 128 cm³/mol. The third kappa shape index (κ3) is 4.07. The molecule has 0 saturated carbocycles. The van der Waals surface area contributed by atoms with Gasteiger partial charge >= 0.3 is 12.2 Å². The number of hydrogen-bond donors (Lipinski definition) is 1. The summed E-state index contributed by atoms with van der Waals surface area (Å²) >= 11 is 6.19. The summed E-state index contributed by atoms with van der Waals surface area (Å²) in [5.74, 6) is -0.825. The van der Waals surface area contributed by atoms with Crippen LogP contribution in [0.15, 0.2) is 55.1 Å². The Balaban J connectivity index is 2.07. The first-order chi connectivity index (χ1) is 16.5. The zero-order valence-corrected chi connectivity index (χ0v) is 20.3. The number of piperazine rings is 1. The molecule has 5 nitrogen and oxygen atoms in total. The molecule has 3 amide bonds. The molecule has 2 aliphatic rings. The number of aryl methyl sites for hydroxylation is 1. The Hall–Kier alpha value is -3.00. The molecule has 2 unspecified atom stereocenters. The molecule has 0 bridgehead atoms. The highest BCUT2D eigenvalue weighted by Gasteiger charge is 2.59. The summed E-state index contributed by atoms with van der Waals surface area (Å²) in [5, 5.41) is 2.62. The number of halogens is 4. The van der Waals surface area contributed by atoms with Crippen molar-refractivity contribution in [1.82, 2.24) is 15.1 Å². The lowest BCUT2D eigenvalue weighted by molar-refractivity contribution is -0.137. The van der Waals surface area contributed by atoms with Gasteiger partial charge in [-0.1, -0.05) is 41.9 Å². The average molecular weight is 506 g/mol. The Bertz CT molecular complexity index is 1170. The van der Waals surface area contributed by atoms with E-state index in [1.54, 1.807) is 15.9 Å². The van der Waals surface area contributed by atoms with E-state index in [9.17, 15) is 22.8 Å². The molecule has 1 N–H and O–H groups in total. The molecule has 0 aromatic heterocycles. The largest absolute Gasteiger partial charge is 0.416 e. The van der Waals surface area contributed by atoms with Gasteiger partial charge in [-0.05, 0) is 48.2 Å². The number of carbonyl (C=O) groups excluding carboxylic acids is 2. The van der Waals surface area contributed by atoms with Crippen LogP contribution in [0.5, 0.6) is 0 Å². The Morgan fingerprint density at radius 3 is 2.60 bits per heavy atom. The summed E-state index contributed by atoms with van der Waals surface area (Å²) < 4.78 is 41.3. The second kappa shape index (κ2) is 9.22. The second-order valence-electron chi connectivity index (χ2n) is 8.97. The van der Waals surface area contributed by atoms with Crippen LogP contribution in [0.1, 0.15) is 41.0 Å². The summed E-state index contributed by atoms with van der Waals surface area (Å²) in [6, 6.07) is 10.1. The zero-order chi connectivity index (χ0) is 25.5. The average Bonchev–Trinajstić information content (AvgIpc) is 3.20. The molecular weight excluding hydrogens is 479 g/mol. The summed E-state index contributed by atoms with van der Waals surface area (Å²) in [5.41, 5.74) is -0.198. The van der Waals surface area contributed by atoms with Crippen molar-refractivity contribution in [2.75, 3.05) is 20.1 Å². The van der Waals surface area contributed by atoms with Crippen LogP contribution in [-0.2, 0) is 16.5 Å². The molecule has 2 fully saturated rings. The van der Waals surface area contributed by atoms with E-state index in [2.05, 4.69) is 11.9 Å². The molecule has 9 heteroatoms. The van der Waals surface area contributed by atoms with Crippen LogP contribution in [0.3, 0.4) is 0 Å². The maximum atomic E-state index is 13.8. The number of urea groups is 1. The molecule has 35 heavy (non-hydrogen) atoms. The molecule has 2 aromatic carbocycles. The Morgan fingerprint density at radius 1 is 1.26 bits per heavy atom. The van der Waals surface area contributed by atoms with Gasteiger partial charge in [-0.3, -0.25) is 4.79 Å². The van der Waals surface area contributed by atoms with Gasteiger partial charge in [0, 0.05) is 37.5 Å². The van der Waals surface area contributed by atoms with Crippen molar-refractivity contribution < 1.29 is 22.8 Å². The maximum absolute atomic E-state index is 13.8. The van der Waals surface area contributed by atoms with E-state index < -0.39 is 29.2 Å². The van der Waals surface area contributed by atoms with Gasteiger partial charge in [0.05, 0.1) is 11.6 Å². The highest BCUT2D eigenvalue weighted by atomic mass is 35.5. The first-order valence-electron chi connectivity index (χ1n) is 11.4. The monoisotopic (exact) mass is 505 g/mol. The molecular formula is C26H27ClF3N3O2. The van der Waals surface area contributed by atoms with Gasteiger partial charge in [-0.15, -0.1) is 6.58 Å². The van der Waals surface area contributed by atoms with E-state index in [1.165, 1.54) is 13.1 Å². The number of hydrogen-bond acceptors (Lipinski definition) is 2. The van der Waals surface area contributed by atoms with Gasteiger partial charge in [0.1, 0.15) is 5.54 Å². The number of fused-ring (bicyclic) bond motifs is 1. The van der Waals surface area contributed by atoms with Crippen LogP contribution in [0, 0.1) is 6.92 Å². The zero-order valence-electron chi connectivity index (χ0n) is 19.5. The normalized spacial score (nSPS) is 23.1. The second-order valence-corrected chi connectivity index (χ2v) is 9.41. The summed E-state index contributed by atoms with van der Waals surface area (Å²) in [6.07, 6.45) is -2.28. The quantitative estimate of drug-likeness (QED) is 0.560. The number of nitrogens with one attached hydrogen (secondary N) is 1. The lowest BCUT2D eigenvalue weighted by atomic mass is 9.65. The Morgan fingerprint density at radius 2 is 1.97 bits per heavy atom. The van der Waals surface area contributed by atoms with Gasteiger partial charge in [-0.25, -0.2) is 4.79 Å². The molecule has 2 aliphatic heterocycles. The maximum Gasteiger partial charge on any atom is 0.416 e. The molecule has 0 radical (unpaired) electrons. The van der Waals surface area contributed by atoms with Crippen LogP contribution < -0.4 is 5.32 Å². The minimum Gasteiger partial charge on any atom is -0.341 e. The Labute approximate surface area is 207 Å². The molecule has 2 heterocycles. The summed E-state index contributed by atoms with van der Waals surface area (Å²) in [7, 11) is 1.52. The third-order valence-electron chi connectivity index (χ3n) is 7.20. The number of carbonyl (C=O) groups is 2. The fourth-order valence-electron chi connectivity index (χ4n) is 5.86. The van der Waals surface area contributed by atoms with E-state index in [4.69, 9.17) is 11.6 Å². The van der Waals surface area contributed by atoms with E-state index in [0.29, 0.717) is 19.4 Å². The number of rotatable bonds is 4. The van der Waals surface area contributed by atoms with Crippen molar-refractivity contribution >= 4 is 23.5 Å². The SMILES string of the molecule is C=C[C@H](c1cc(Cl)cc(C(F)(F)F)c1)C1(c2ccccc2C)C2CCC(=O)N2CCN1C(=O)NC. The van der Waals surface area contributed by atoms with Gasteiger partial charge in [0.25, 0.3) is 0 Å². The van der Waals surface area contributed by atoms with Crippen molar-refractivity contribution in [2.45, 2.75) is 43.4 Å². The van der Waals surface area contributed by atoms with Crippen LogP contribution in [0.4, 0.5) is 18.0 Å². The van der Waals surface area contributed by atoms with Crippen LogP contribution in [0.2, 0.25) is 5.02 Å². The number of benzene rings is 2. The van der Waals surface area contributed by atoms with Crippen molar-refractivity contribution in [2.24, 2.45) is 0 Å². The summed E-state index contributed by atoms with van der Waals surface area (Å²) in [6.45, 7) is 6.46. The van der Waals surface area contributed by atoms with Gasteiger partial charge in [-0.2, -0.15) is 13.2 Å². The van der Waals surface area contributed by atoms with Crippen molar-refractivity contribution in [1.29, 1.82) is 0 Å². The lowest BCUT2D eigenvalue weighted by Gasteiger charge is -2.57. The molecule has 2 aromatic rings. The fourth-order valence-corrected chi connectivity index (χ4v) is 6.11. The first kappa shape index (κ1) is 25.1. The number of alkyl halides is 3. The minimum atomic E-state index is -4.61. The predicted octanol–water partition coefficient (Wildman–Crippen LogP) is 5.48. The third-order valence-corrected chi connectivity index (χ3v) is 7.42. The van der Waals surface area contributed by atoms with Gasteiger partial charge in [0.2, 0.25) is 5.91 Å². The molecule has 186 valence electrons. The lowest BCUT2D eigenvalue weighted by Crippen LogP contribution is -2.69. The highest BCUT2D eigenvalue weighted by molar-refractivity contribution is 6.30. The summed E-state index contributed by atoms with van der Waals surface area (Å²) in [4.78, 5) is 29.6. The smallest absolute Gasteiger partial charge is 0.341 e. The van der Waals surface area contributed by atoms with E-state index in [-0.39, 0.29) is 29.1 Å². The standard InChI is InChI=1S/C26H27ClF3N3O2/c1-4-20(17-13-18(26(28,29)30)15-19(27)14-17)25(21-8-6-5-7-16(21)2)22-9-10-23(34)32(22)11-12-33(25)24(35)31-3/h4-8,13-15,20,22H,1,9-12H2,2-3H3,(H,31,35)/t20-,22?,25?/m1/s1. The topological polar surface area (TPSA) is 52.7 Å². The fraction of sp³-hybridized carbons (Fsp3) is 0.385. The molecule has 4 rings (SSSR count). The van der Waals surface area contributed by atoms with E-state index in [1.807, 2.05) is 31.2 Å². The Kier molecular flexibility index (Phi) is 6.62. The van der Waals surface area contributed by atoms with Crippen LogP contribution >= 0.6 is 11.6 Å². The number of amides is 3. The van der Waals surface area contributed by atoms with Crippen LogP contribution in [-0.4, -0.2) is 47.9 Å². The van der Waals surface area contributed by atoms with Crippen LogP contribution in [0.25, 0.3) is 0 Å². The molecule has 0 aliphatic carbocycles. The molecule has 0 spiro atoms. The molecule has 2 saturated heterocycles. The minimum absolute atomic E-state index is 0.0330.